The van der Waals surface area contributed by atoms with Gasteiger partial charge in [-0.1, -0.05) is 22.5 Å². The summed E-state index contributed by atoms with van der Waals surface area (Å²) in [6, 6.07) is 3.08. The lowest BCUT2D eigenvalue weighted by molar-refractivity contribution is 0.626. The van der Waals surface area contributed by atoms with Crippen molar-refractivity contribution in [1.29, 1.82) is 0 Å². The van der Waals surface area contributed by atoms with Gasteiger partial charge in [-0.2, -0.15) is 0 Å². The van der Waals surface area contributed by atoms with Crippen molar-refractivity contribution < 1.29 is 4.39 Å². The van der Waals surface area contributed by atoms with Gasteiger partial charge in [0.05, 0.1) is 0 Å². The maximum atomic E-state index is 12.9. The average molecular weight is 227 g/mol. The first-order valence-corrected chi connectivity index (χ1v) is 4.64. The fourth-order valence-electron chi connectivity index (χ4n) is 1.58. The van der Waals surface area contributed by atoms with Crippen LogP contribution in [-0.2, 0) is 6.42 Å². The summed E-state index contributed by atoms with van der Waals surface area (Å²) < 4.78 is 13.8. The van der Waals surface area contributed by atoms with Gasteiger partial charge in [0.2, 0.25) is 0 Å². The van der Waals surface area contributed by atoms with E-state index in [4.69, 9.17) is 0 Å². The molecule has 1 aromatic rings. The minimum atomic E-state index is -0.191. The second-order valence-corrected chi connectivity index (χ2v) is 3.87. The van der Waals surface area contributed by atoms with Gasteiger partial charge in [-0.05, 0) is 41.7 Å². The van der Waals surface area contributed by atoms with E-state index >= 15 is 0 Å². The van der Waals surface area contributed by atoms with E-state index in [2.05, 4.69) is 22.5 Å². The Morgan fingerprint density at radius 2 is 2.08 bits per heavy atom. The molecule has 0 N–H and O–H groups in total. The predicted molar refractivity (Wildman–Crippen MR) is 51.5 cm³/mol. The molecule has 0 bridgehead atoms. The zero-order valence-corrected chi connectivity index (χ0v) is 8.12. The number of hydrogen-bond acceptors (Lipinski definition) is 0. The van der Waals surface area contributed by atoms with Crippen LogP contribution in [0, 0.1) is 5.82 Å². The van der Waals surface area contributed by atoms with Crippen molar-refractivity contribution >= 4 is 21.5 Å². The van der Waals surface area contributed by atoms with E-state index < -0.39 is 0 Å². The fraction of sp³-hybridized carbons (Fsp3) is 0.200. The van der Waals surface area contributed by atoms with Crippen LogP contribution < -0.4 is 0 Å². The van der Waals surface area contributed by atoms with Crippen LogP contribution in [0.25, 0.3) is 5.57 Å². The highest BCUT2D eigenvalue weighted by molar-refractivity contribution is 9.10. The van der Waals surface area contributed by atoms with Crippen molar-refractivity contribution in [3.05, 3.63) is 40.1 Å². The molecule has 0 atom stereocenters. The van der Waals surface area contributed by atoms with Gasteiger partial charge in [-0.25, -0.2) is 4.39 Å². The molecule has 0 nitrogen and oxygen atoms in total. The summed E-state index contributed by atoms with van der Waals surface area (Å²) in [4.78, 5) is 0. The second kappa shape index (κ2) is 2.70. The largest absolute Gasteiger partial charge is 0.207 e. The third-order valence-electron chi connectivity index (χ3n) is 2.22. The normalized spacial score (nSPS) is 15.0. The highest BCUT2D eigenvalue weighted by Gasteiger charge is 2.17. The molecule has 0 saturated heterocycles. The first-order valence-electron chi connectivity index (χ1n) is 3.84. The van der Waals surface area contributed by atoms with E-state index in [1.165, 1.54) is 11.6 Å². The number of fused-ring (bicyclic) bond motifs is 1. The smallest absolute Gasteiger partial charge is 0.124 e. The lowest BCUT2D eigenvalue weighted by Crippen LogP contribution is -1.85. The first-order chi connectivity index (χ1) is 5.68. The van der Waals surface area contributed by atoms with Gasteiger partial charge in [0.15, 0.2) is 0 Å². The summed E-state index contributed by atoms with van der Waals surface area (Å²) in [5, 5.41) is 0. The topological polar surface area (TPSA) is 0 Å². The molecule has 12 heavy (non-hydrogen) atoms. The molecule has 0 amide bonds. The maximum absolute atomic E-state index is 12.9. The van der Waals surface area contributed by atoms with Gasteiger partial charge in [0.1, 0.15) is 5.82 Å². The van der Waals surface area contributed by atoms with Gasteiger partial charge in [0.25, 0.3) is 0 Å². The summed E-state index contributed by atoms with van der Waals surface area (Å²) in [5.41, 5.74) is 3.23. The maximum Gasteiger partial charge on any atom is 0.124 e. The molecule has 1 aliphatic carbocycles. The van der Waals surface area contributed by atoms with Crippen LogP contribution in [0.3, 0.4) is 0 Å². The molecule has 2 heteroatoms. The summed E-state index contributed by atoms with van der Waals surface area (Å²) in [6.45, 7) is 3.89. The summed E-state index contributed by atoms with van der Waals surface area (Å²) in [6.07, 6.45) is 1.94. The molecular weight excluding hydrogens is 219 g/mol. The molecule has 0 aliphatic heterocycles. The fourth-order valence-corrected chi connectivity index (χ4v) is 2.21. The van der Waals surface area contributed by atoms with Crippen LogP contribution in [0.15, 0.2) is 23.2 Å². The van der Waals surface area contributed by atoms with Crippen LogP contribution in [-0.4, -0.2) is 0 Å². The number of benzene rings is 1. The Hall–Kier alpha value is -0.630. The van der Waals surface area contributed by atoms with Crippen LogP contribution >= 0.6 is 15.9 Å². The minimum absolute atomic E-state index is 0.191. The summed E-state index contributed by atoms with van der Waals surface area (Å²) >= 11 is 3.34. The monoisotopic (exact) mass is 226 g/mol. The highest BCUT2D eigenvalue weighted by Crippen LogP contribution is 2.35. The Morgan fingerprint density at radius 1 is 1.33 bits per heavy atom. The van der Waals surface area contributed by atoms with Gasteiger partial charge in [-0.15, -0.1) is 0 Å². The SMILES string of the molecule is C=C1CCc2c(Br)cc(F)cc21. The Kier molecular flexibility index (Phi) is 1.80. The van der Waals surface area contributed by atoms with Gasteiger partial charge in [0, 0.05) is 4.47 Å². The molecule has 1 aliphatic rings. The Labute approximate surface area is 79.2 Å². The van der Waals surface area contributed by atoms with Crippen LogP contribution in [0.4, 0.5) is 4.39 Å². The van der Waals surface area contributed by atoms with E-state index in [0.29, 0.717) is 0 Å². The van der Waals surface area contributed by atoms with E-state index in [9.17, 15) is 4.39 Å². The van der Waals surface area contributed by atoms with E-state index in [1.807, 2.05) is 0 Å². The van der Waals surface area contributed by atoms with E-state index in [1.54, 1.807) is 6.07 Å². The molecule has 0 fully saturated rings. The van der Waals surface area contributed by atoms with Crippen LogP contribution in [0.5, 0.6) is 0 Å². The molecule has 0 unspecified atom stereocenters. The predicted octanol–water partition coefficient (Wildman–Crippen LogP) is 3.55. The highest BCUT2D eigenvalue weighted by atomic mass is 79.9. The second-order valence-electron chi connectivity index (χ2n) is 3.02. The molecule has 0 saturated carbocycles. The number of rotatable bonds is 0. The number of hydrogen-bond donors (Lipinski definition) is 0. The van der Waals surface area contributed by atoms with Gasteiger partial charge >= 0.3 is 0 Å². The quantitative estimate of drug-likeness (QED) is 0.635. The number of allylic oxidation sites excluding steroid dienone is 1. The standard InChI is InChI=1S/C10H8BrF/c1-6-2-3-8-9(6)4-7(12)5-10(8)11/h4-5H,1-3H2. The van der Waals surface area contributed by atoms with E-state index in [0.717, 1.165) is 28.5 Å². The molecule has 0 radical (unpaired) electrons. The van der Waals surface area contributed by atoms with Crippen molar-refractivity contribution in [2.45, 2.75) is 12.8 Å². The zero-order valence-electron chi connectivity index (χ0n) is 6.53. The lowest BCUT2D eigenvalue weighted by atomic mass is 10.1. The first kappa shape index (κ1) is 7.99. The third-order valence-corrected chi connectivity index (χ3v) is 2.93. The van der Waals surface area contributed by atoms with Crippen molar-refractivity contribution in [1.82, 2.24) is 0 Å². The van der Waals surface area contributed by atoms with Crippen LogP contribution in [0.1, 0.15) is 17.5 Å². The molecule has 0 spiro atoms. The molecule has 62 valence electrons. The average Bonchev–Trinajstić information content (AvgIpc) is 2.33. The van der Waals surface area contributed by atoms with Crippen LogP contribution in [0.2, 0.25) is 0 Å². The minimum Gasteiger partial charge on any atom is -0.207 e. The number of halogens is 2. The van der Waals surface area contributed by atoms with Crippen molar-refractivity contribution in [3.8, 4) is 0 Å². The summed E-state index contributed by atoms with van der Waals surface area (Å²) in [5.74, 6) is -0.191. The van der Waals surface area contributed by atoms with Crippen molar-refractivity contribution in [2.24, 2.45) is 0 Å². The zero-order chi connectivity index (χ0) is 8.72. The molecular formula is C10H8BrF. The van der Waals surface area contributed by atoms with Gasteiger partial charge < -0.3 is 0 Å². The Balaban J connectivity index is 2.68. The van der Waals surface area contributed by atoms with Gasteiger partial charge in [-0.3, -0.25) is 0 Å². The molecule has 0 heterocycles. The van der Waals surface area contributed by atoms with Crippen molar-refractivity contribution in [2.75, 3.05) is 0 Å². The molecule has 0 aromatic heterocycles. The lowest BCUT2D eigenvalue weighted by Gasteiger charge is -2.02. The summed E-state index contributed by atoms with van der Waals surface area (Å²) in [7, 11) is 0. The Morgan fingerprint density at radius 3 is 2.83 bits per heavy atom. The van der Waals surface area contributed by atoms with Crippen molar-refractivity contribution in [3.63, 3.8) is 0 Å². The molecule has 2 rings (SSSR count). The third kappa shape index (κ3) is 1.11. The molecule has 1 aromatic carbocycles. The Bertz CT molecular complexity index is 355. The van der Waals surface area contributed by atoms with E-state index in [-0.39, 0.29) is 5.82 Å².